The van der Waals surface area contributed by atoms with Crippen LogP contribution in [-0.2, 0) is 11.3 Å². The van der Waals surface area contributed by atoms with Crippen LogP contribution in [0.3, 0.4) is 0 Å². The summed E-state index contributed by atoms with van der Waals surface area (Å²) in [5, 5.41) is 0.509. The van der Waals surface area contributed by atoms with E-state index >= 15 is 0 Å². The van der Waals surface area contributed by atoms with E-state index in [1.807, 2.05) is 38.1 Å². The highest BCUT2D eigenvalue weighted by molar-refractivity contribution is 7.22. The lowest BCUT2D eigenvalue weighted by atomic mass is 10.1. The Bertz CT molecular complexity index is 1340. The Morgan fingerprint density at radius 2 is 1.61 bits per heavy atom. The summed E-state index contributed by atoms with van der Waals surface area (Å²) in [5.41, 5.74) is 4.25. The van der Waals surface area contributed by atoms with E-state index in [1.165, 1.54) is 16.2 Å². The number of aromatic nitrogens is 2. The first-order valence-corrected chi connectivity index (χ1v) is 11.3. The van der Waals surface area contributed by atoms with Crippen LogP contribution in [0.5, 0.6) is 0 Å². The molecule has 5 rings (SSSR count). The van der Waals surface area contributed by atoms with Crippen molar-refractivity contribution in [3.05, 3.63) is 88.7 Å². The SMILES string of the molecule is Cc1ccc(C)c2sc(N(Cc3ccccn3)C(=O)CN3C(=O)c4ccccc4C3=O)nc12. The normalized spacial score (nSPS) is 13.0. The van der Waals surface area contributed by atoms with Gasteiger partial charge in [-0.25, -0.2) is 4.98 Å². The van der Waals surface area contributed by atoms with Crippen LogP contribution in [0.15, 0.2) is 60.8 Å². The molecule has 33 heavy (non-hydrogen) atoms. The second-order valence-electron chi connectivity index (χ2n) is 7.92. The Morgan fingerprint density at radius 1 is 0.939 bits per heavy atom. The van der Waals surface area contributed by atoms with Gasteiger partial charge >= 0.3 is 0 Å². The molecule has 0 saturated heterocycles. The number of benzene rings is 2. The Balaban J connectivity index is 1.51. The zero-order valence-electron chi connectivity index (χ0n) is 18.1. The third-order valence-corrected chi connectivity index (χ3v) is 6.89. The zero-order valence-corrected chi connectivity index (χ0v) is 18.9. The molecule has 4 aromatic rings. The molecule has 0 radical (unpaired) electrons. The van der Waals surface area contributed by atoms with E-state index in [0.717, 1.165) is 26.2 Å². The molecular weight excluding hydrogens is 436 g/mol. The minimum absolute atomic E-state index is 0.181. The van der Waals surface area contributed by atoms with Gasteiger partial charge in [0.05, 0.1) is 33.6 Å². The molecule has 0 unspecified atom stereocenters. The van der Waals surface area contributed by atoms with Crippen molar-refractivity contribution in [2.75, 3.05) is 11.4 Å². The van der Waals surface area contributed by atoms with Gasteiger partial charge in [0.15, 0.2) is 5.13 Å². The first-order chi connectivity index (χ1) is 15.9. The van der Waals surface area contributed by atoms with Gasteiger partial charge in [0.1, 0.15) is 6.54 Å². The predicted octanol–water partition coefficient (Wildman–Crippen LogP) is 4.14. The number of rotatable bonds is 5. The van der Waals surface area contributed by atoms with Crippen molar-refractivity contribution < 1.29 is 14.4 Å². The summed E-state index contributed by atoms with van der Waals surface area (Å²) in [7, 11) is 0. The number of aryl methyl sites for hydroxylation is 2. The smallest absolute Gasteiger partial charge is 0.262 e. The standard InChI is InChI=1S/C25H20N4O3S/c1-15-10-11-16(2)22-21(15)27-25(33-22)28(13-17-7-5-6-12-26-17)20(30)14-29-23(31)18-8-3-4-9-19(18)24(29)32/h3-12H,13-14H2,1-2H3. The maximum absolute atomic E-state index is 13.5. The lowest BCUT2D eigenvalue weighted by Crippen LogP contribution is -2.42. The van der Waals surface area contributed by atoms with Crippen LogP contribution in [-0.4, -0.2) is 39.1 Å². The quantitative estimate of drug-likeness (QED) is 0.422. The van der Waals surface area contributed by atoms with Gasteiger partial charge in [-0.2, -0.15) is 0 Å². The van der Waals surface area contributed by atoms with Gasteiger partial charge in [0.25, 0.3) is 11.8 Å². The number of imide groups is 1. The molecule has 0 bridgehead atoms. The summed E-state index contributed by atoms with van der Waals surface area (Å²) in [5.74, 6) is -1.32. The van der Waals surface area contributed by atoms with Crippen molar-refractivity contribution in [1.29, 1.82) is 0 Å². The second-order valence-corrected chi connectivity index (χ2v) is 8.89. The Kier molecular flexibility index (Phi) is 5.22. The van der Waals surface area contributed by atoms with Crippen LogP contribution in [0.2, 0.25) is 0 Å². The van der Waals surface area contributed by atoms with Gasteiger partial charge in [-0.05, 0) is 49.2 Å². The molecule has 3 amide bonds. The highest BCUT2D eigenvalue weighted by Gasteiger charge is 2.37. The summed E-state index contributed by atoms with van der Waals surface area (Å²) in [6.07, 6.45) is 1.66. The maximum atomic E-state index is 13.5. The zero-order chi connectivity index (χ0) is 23.1. The van der Waals surface area contributed by atoms with Crippen molar-refractivity contribution in [3.8, 4) is 0 Å². The molecule has 0 N–H and O–H groups in total. The summed E-state index contributed by atoms with van der Waals surface area (Å²) >= 11 is 1.42. The topological polar surface area (TPSA) is 83.5 Å². The first-order valence-electron chi connectivity index (χ1n) is 10.5. The third kappa shape index (κ3) is 3.68. The molecule has 1 aliphatic rings. The number of anilines is 1. The molecule has 0 spiro atoms. The van der Waals surface area contributed by atoms with Gasteiger partial charge in [0, 0.05) is 6.20 Å². The molecule has 2 aromatic carbocycles. The predicted molar refractivity (Wildman–Crippen MR) is 126 cm³/mol. The average Bonchev–Trinajstić information content (AvgIpc) is 3.38. The minimum Gasteiger partial charge on any atom is -0.280 e. The molecule has 0 aliphatic carbocycles. The van der Waals surface area contributed by atoms with Crippen LogP contribution in [0, 0.1) is 13.8 Å². The number of fused-ring (bicyclic) bond motifs is 2. The highest BCUT2D eigenvalue weighted by Crippen LogP contribution is 2.34. The molecule has 164 valence electrons. The molecule has 2 aromatic heterocycles. The summed E-state index contributed by atoms with van der Waals surface area (Å²) in [6.45, 7) is 3.80. The second kappa shape index (κ2) is 8.22. The molecule has 8 heteroatoms. The van der Waals surface area contributed by atoms with Gasteiger partial charge in [0.2, 0.25) is 5.91 Å². The van der Waals surface area contributed by atoms with E-state index in [1.54, 1.807) is 36.5 Å². The number of carbonyl (C=O) groups excluding carboxylic acids is 3. The van der Waals surface area contributed by atoms with Crippen LogP contribution >= 0.6 is 11.3 Å². The average molecular weight is 457 g/mol. The number of nitrogens with zero attached hydrogens (tertiary/aromatic N) is 4. The van der Waals surface area contributed by atoms with Crippen molar-refractivity contribution in [2.45, 2.75) is 20.4 Å². The molecule has 0 atom stereocenters. The lowest BCUT2D eigenvalue weighted by molar-refractivity contribution is -0.119. The fourth-order valence-corrected chi connectivity index (χ4v) is 5.01. The lowest BCUT2D eigenvalue weighted by Gasteiger charge is -2.22. The molecule has 3 heterocycles. The summed E-state index contributed by atoms with van der Waals surface area (Å²) in [4.78, 5) is 50.7. The molecular formula is C25H20N4O3S. The van der Waals surface area contributed by atoms with Gasteiger partial charge in [-0.3, -0.25) is 29.2 Å². The Labute approximate surface area is 194 Å². The molecule has 0 saturated carbocycles. The summed E-state index contributed by atoms with van der Waals surface area (Å²) < 4.78 is 1.00. The van der Waals surface area contributed by atoms with Crippen LogP contribution in [0.1, 0.15) is 37.5 Å². The maximum Gasteiger partial charge on any atom is 0.262 e. The van der Waals surface area contributed by atoms with E-state index in [0.29, 0.717) is 22.0 Å². The summed E-state index contributed by atoms with van der Waals surface area (Å²) in [6, 6.07) is 16.1. The van der Waals surface area contributed by atoms with Crippen LogP contribution < -0.4 is 4.90 Å². The Morgan fingerprint density at radius 3 is 2.24 bits per heavy atom. The van der Waals surface area contributed by atoms with Gasteiger partial charge in [-0.1, -0.05) is 41.7 Å². The van der Waals surface area contributed by atoms with Crippen molar-refractivity contribution >= 4 is 44.4 Å². The third-order valence-electron chi connectivity index (χ3n) is 5.68. The highest BCUT2D eigenvalue weighted by atomic mass is 32.1. The van der Waals surface area contributed by atoms with E-state index in [2.05, 4.69) is 4.98 Å². The van der Waals surface area contributed by atoms with Crippen LogP contribution in [0.4, 0.5) is 5.13 Å². The molecule has 7 nitrogen and oxygen atoms in total. The fourth-order valence-electron chi connectivity index (χ4n) is 3.88. The van der Waals surface area contributed by atoms with E-state index in [-0.39, 0.29) is 13.1 Å². The minimum atomic E-state index is -0.460. The first kappa shape index (κ1) is 21.0. The Hall–Kier alpha value is -3.91. The number of thiazole rings is 1. The number of carbonyl (C=O) groups is 3. The fraction of sp³-hybridized carbons (Fsp3) is 0.160. The van der Waals surface area contributed by atoms with Crippen molar-refractivity contribution in [2.24, 2.45) is 0 Å². The van der Waals surface area contributed by atoms with Gasteiger partial charge < -0.3 is 0 Å². The largest absolute Gasteiger partial charge is 0.280 e. The number of hydrogen-bond donors (Lipinski definition) is 0. The van der Waals surface area contributed by atoms with Crippen molar-refractivity contribution in [3.63, 3.8) is 0 Å². The molecule has 0 fully saturated rings. The number of pyridine rings is 1. The van der Waals surface area contributed by atoms with Gasteiger partial charge in [-0.15, -0.1) is 0 Å². The van der Waals surface area contributed by atoms with Crippen molar-refractivity contribution in [1.82, 2.24) is 14.9 Å². The van der Waals surface area contributed by atoms with Crippen LogP contribution in [0.25, 0.3) is 10.2 Å². The molecule has 1 aliphatic heterocycles. The number of hydrogen-bond acceptors (Lipinski definition) is 6. The van der Waals surface area contributed by atoms with E-state index in [9.17, 15) is 14.4 Å². The van der Waals surface area contributed by atoms with E-state index < -0.39 is 17.7 Å². The van der Waals surface area contributed by atoms with E-state index in [4.69, 9.17) is 4.98 Å². The monoisotopic (exact) mass is 456 g/mol. The number of amides is 3.